The summed E-state index contributed by atoms with van der Waals surface area (Å²) in [6.45, 7) is 49.3. The van der Waals surface area contributed by atoms with Crippen LogP contribution in [0.2, 0.25) is 0 Å². The average Bonchev–Trinajstić information content (AvgIpc) is 3.17. The summed E-state index contributed by atoms with van der Waals surface area (Å²) >= 11 is 0. The van der Waals surface area contributed by atoms with Crippen molar-refractivity contribution in [1.82, 2.24) is 0 Å². The van der Waals surface area contributed by atoms with E-state index in [4.69, 9.17) is 0 Å². The average molecular weight is 817 g/mol. The maximum atomic E-state index is 3.73. The third-order valence-corrected chi connectivity index (χ3v) is 9.28. The van der Waals surface area contributed by atoms with Crippen LogP contribution in [0.5, 0.6) is 0 Å². The lowest BCUT2D eigenvalue weighted by Crippen LogP contribution is -1.77. The number of hydrogen-bond acceptors (Lipinski definition) is 0. The van der Waals surface area contributed by atoms with E-state index in [1.165, 1.54) is 92.6 Å². The molecule has 0 aliphatic carbocycles. The summed E-state index contributed by atoms with van der Waals surface area (Å²) in [4.78, 5) is 0. The molecule has 0 nitrogen and oxygen atoms in total. The van der Waals surface area contributed by atoms with Gasteiger partial charge in [0.05, 0.1) is 0 Å². The number of allylic oxidation sites excluding steroid dienone is 28. The lowest BCUT2D eigenvalue weighted by Gasteiger charge is -1.98. The van der Waals surface area contributed by atoms with E-state index in [1.807, 2.05) is 24.3 Å². The molecule has 0 unspecified atom stereocenters. The van der Waals surface area contributed by atoms with Gasteiger partial charge in [0.1, 0.15) is 0 Å². The van der Waals surface area contributed by atoms with Gasteiger partial charge in [-0.3, -0.25) is 0 Å². The van der Waals surface area contributed by atoms with Gasteiger partial charge in [-0.15, -0.1) is 0 Å². The molecule has 0 heterocycles. The molecule has 0 radical (unpaired) electrons. The van der Waals surface area contributed by atoms with Crippen LogP contribution in [0.3, 0.4) is 0 Å². The van der Waals surface area contributed by atoms with Crippen LogP contribution >= 0.6 is 0 Å². The molecule has 336 valence electrons. The van der Waals surface area contributed by atoms with E-state index in [2.05, 4.69) is 210 Å². The minimum atomic E-state index is 1.03. The molecule has 0 saturated heterocycles. The van der Waals surface area contributed by atoms with Gasteiger partial charge in [-0.05, 0) is 188 Å². The second-order valence-corrected chi connectivity index (χ2v) is 17.0. The standard InChI is InChI=1S/4C15H24/c4*1-6-14(4)10-8-12-15(5)11-7-9-13(2)3/h4*6,9-10,12H,1,7-8,11H2,2-5H3/b4*14-10+,15-12+. The fraction of sp³-hybridized carbons (Fsp3) is 0.467. The van der Waals surface area contributed by atoms with E-state index in [0.717, 1.165) is 51.4 Å². The summed E-state index contributed by atoms with van der Waals surface area (Å²) in [6, 6.07) is 0. The zero-order valence-electron chi connectivity index (χ0n) is 42.6. The molecule has 0 aromatic heterocycles. The molecule has 0 rings (SSSR count). The Morgan fingerprint density at radius 1 is 0.250 bits per heavy atom. The zero-order chi connectivity index (χ0) is 46.7. The van der Waals surface area contributed by atoms with E-state index >= 15 is 0 Å². The van der Waals surface area contributed by atoms with Gasteiger partial charge in [0.2, 0.25) is 0 Å². The highest BCUT2D eigenvalue weighted by atomic mass is 14.0. The van der Waals surface area contributed by atoms with E-state index in [9.17, 15) is 0 Å². The molecule has 0 fully saturated rings. The second kappa shape index (κ2) is 44.4. The molecule has 0 heteroatoms. The van der Waals surface area contributed by atoms with Crippen LogP contribution < -0.4 is 0 Å². The van der Waals surface area contributed by atoms with Gasteiger partial charge < -0.3 is 0 Å². The molecule has 0 atom stereocenters. The Bertz CT molecular complexity index is 1320. The van der Waals surface area contributed by atoms with Crippen molar-refractivity contribution in [3.8, 4) is 0 Å². The van der Waals surface area contributed by atoms with Crippen molar-refractivity contribution in [1.29, 1.82) is 0 Å². The predicted octanol–water partition coefficient (Wildman–Crippen LogP) is 20.8. The monoisotopic (exact) mass is 817 g/mol. The predicted molar refractivity (Wildman–Crippen MR) is 284 cm³/mol. The minimum Gasteiger partial charge on any atom is -0.0988 e. The van der Waals surface area contributed by atoms with Crippen molar-refractivity contribution in [2.75, 3.05) is 0 Å². The second-order valence-electron chi connectivity index (χ2n) is 17.0. The summed E-state index contributed by atoms with van der Waals surface area (Å²) < 4.78 is 0. The third-order valence-electron chi connectivity index (χ3n) is 9.28. The van der Waals surface area contributed by atoms with E-state index in [0.29, 0.717) is 0 Å². The van der Waals surface area contributed by atoms with Crippen molar-refractivity contribution in [2.45, 2.75) is 188 Å². The number of rotatable bonds is 24. The molecule has 0 aromatic carbocycles. The van der Waals surface area contributed by atoms with Gasteiger partial charge in [-0.1, -0.05) is 190 Å². The first-order valence-corrected chi connectivity index (χ1v) is 22.6. The molecule has 0 saturated carbocycles. The van der Waals surface area contributed by atoms with Crippen LogP contribution in [0.25, 0.3) is 0 Å². The molecule has 0 aliphatic rings. The lowest BCUT2D eigenvalue weighted by atomic mass is 10.1. The third kappa shape index (κ3) is 55.9. The maximum absolute atomic E-state index is 3.73. The van der Waals surface area contributed by atoms with Gasteiger partial charge in [0.25, 0.3) is 0 Å². The first kappa shape index (κ1) is 62.5. The fourth-order valence-corrected chi connectivity index (χ4v) is 4.88. The van der Waals surface area contributed by atoms with Crippen molar-refractivity contribution in [3.63, 3.8) is 0 Å². The molecule has 0 N–H and O–H groups in total. The highest BCUT2D eigenvalue weighted by molar-refractivity contribution is 5.18. The first-order chi connectivity index (χ1) is 28.2. The Hall–Kier alpha value is -4.16. The molecule has 0 bridgehead atoms. The SMILES string of the molecule is C=C/C(C)=C/C/C=C(\C)CCC=C(C)C.C=C/C(C)=C/C/C=C(\C)CCC=C(C)C.C=C/C(C)=C/C/C=C(\C)CCC=C(C)C.C=C/C(C)=C/C/C=C(\C)CCC=C(C)C. The Kier molecular flexibility index (Phi) is 46.2. The Balaban J connectivity index is -0.000000348. The van der Waals surface area contributed by atoms with Gasteiger partial charge in [0.15, 0.2) is 0 Å². The van der Waals surface area contributed by atoms with Crippen molar-refractivity contribution < 1.29 is 0 Å². The molecule has 0 aromatic rings. The topological polar surface area (TPSA) is 0 Å². The molecule has 0 amide bonds. The lowest BCUT2D eigenvalue weighted by molar-refractivity contribution is 0.958. The fourth-order valence-electron chi connectivity index (χ4n) is 4.88. The molecular weight excluding hydrogens is 721 g/mol. The van der Waals surface area contributed by atoms with Crippen molar-refractivity contribution in [3.05, 3.63) is 190 Å². The van der Waals surface area contributed by atoms with E-state index in [1.54, 1.807) is 0 Å². The van der Waals surface area contributed by atoms with Crippen LogP contribution in [-0.4, -0.2) is 0 Å². The van der Waals surface area contributed by atoms with Gasteiger partial charge in [-0.2, -0.15) is 0 Å². The van der Waals surface area contributed by atoms with Crippen LogP contribution in [-0.2, 0) is 0 Å². The summed E-state index contributed by atoms with van der Waals surface area (Å²) in [5, 5.41) is 0. The summed E-state index contributed by atoms with van der Waals surface area (Å²) in [7, 11) is 0. The van der Waals surface area contributed by atoms with Gasteiger partial charge in [-0.25, -0.2) is 0 Å². The smallest absolute Gasteiger partial charge is 0.0161 e. The Labute approximate surface area is 376 Å². The highest BCUT2D eigenvalue weighted by Gasteiger charge is 1.91. The van der Waals surface area contributed by atoms with Gasteiger partial charge in [0, 0.05) is 0 Å². The molecule has 0 aliphatic heterocycles. The Morgan fingerprint density at radius 2 is 0.417 bits per heavy atom. The summed E-state index contributed by atoms with van der Waals surface area (Å²) in [6.07, 6.45) is 48.2. The molecule has 0 spiro atoms. The first-order valence-electron chi connectivity index (χ1n) is 22.6. The molecule has 60 heavy (non-hydrogen) atoms. The van der Waals surface area contributed by atoms with Crippen LogP contribution in [0, 0.1) is 0 Å². The molecular formula is C60H96. The highest BCUT2D eigenvalue weighted by Crippen LogP contribution is 2.12. The van der Waals surface area contributed by atoms with Crippen molar-refractivity contribution >= 4 is 0 Å². The van der Waals surface area contributed by atoms with E-state index < -0.39 is 0 Å². The quantitative estimate of drug-likeness (QED) is 0.0672. The largest absolute Gasteiger partial charge is 0.0988 e. The summed E-state index contributed by atoms with van der Waals surface area (Å²) in [5.74, 6) is 0. The number of hydrogen-bond donors (Lipinski definition) is 0. The normalized spacial score (nSPS) is 12.5. The van der Waals surface area contributed by atoms with Crippen molar-refractivity contribution in [2.24, 2.45) is 0 Å². The Morgan fingerprint density at radius 3 is 0.550 bits per heavy atom. The maximum Gasteiger partial charge on any atom is -0.0161 e. The minimum absolute atomic E-state index is 1.03. The van der Waals surface area contributed by atoms with Crippen LogP contribution in [0.1, 0.15) is 188 Å². The van der Waals surface area contributed by atoms with Crippen LogP contribution in [0.15, 0.2) is 190 Å². The van der Waals surface area contributed by atoms with Crippen LogP contribution in [0.4, 0.5) is 0 Å². The van der Waals surface area contributed by atoms with Gasteiger partial charge >= 0.3 is 0 Å². The summed E-state index contributed by atoms with van der Waals surface area (Å²) in [5.41, 5.74) is 16.5. The zero-order valence-corrected chi connectivity index (χ0v) is 42.6. The van der Waals surface area contributed by atoms with E-state index in [-0.39, 0.29) is 0 Å².